The van der Waals surface area contributed by atoms with Crippen LogP contribution in [0, 0.1) is 5.92 Å². The van der Waals surface area contributed by atoms with Gasteiger partial charge in [0.25, 0.3) is 11.8 Å². The highest BCUT2D eigenvalue weighted by Crippen LogP contribution is 2.38. The summed E-state index contributed by atoms with van der Waals surface area (Å²) in [6, 6.07) is 3.39. The molecule has 2 amide bonds. The molecule has 0 saturated heterocycles. The van der Waals surface area contributed by atoms with Gasteiger partial charge >= 0.3 is 11.9 Å². The summed E-state index contributed by atoms with van der Waals surface area (Å²) in [5.41, 5.74) is 1.45. The van der Waals surface area contributed by atoms with Gasteiger partial charge in [-0.05, 0) is 62.3 Å². The Morgan fingerprint density at radius 2 is 1.81 bits per heavy atom. The number of esters is 2. The minimum Gasteiger partial charge on any atom is -0.462 e. The standard InChI is InChI=1S/C25H28Cl2N2O6S/c1-4-34-24(32)20-16-7-5-6-8-18(16)36-23(20)28-19(30)12-35-25(33)21(13(2)3)29-22(31)15-10-9-14(26)11-17(15)27/h9-11,13,21H,4-8,12H2,1-3H3,(H,28,30)(H,29,31)/t21-/m0/s1. The summed E-state index contributed by atoms with van der Waals surface area (Å²) in [6.45, 7) is 4.83. The molecule has 194 valence electrons. The van der Waals surface area contributed by atoms with E-state index in [2.05, 4.69) is 10.6 Å². The summed E-state index contributed by atoms with van der Waals surface area (Å²) in [5.74, 6) is -2.74. The lowest BCUT2D eigenvalue weighted by Gasteiger charge is -2.21. The molecular formula is C25H28Cl2N2O6S. The van der Waals surface area contributed by atoms with Crippen LogP contribution in [0.25, 0.3) is 0 Å². The second kappa shape index (κ2) is 12.6. The number of thiophene rings is 1. The van der Waals surface area contributed by atoms with E-state index < -0.39 is 36.4 Å². The highest BCUT2D eigenvalue weighted by molar-refractivity contribution is 7.17. The Balaban J connectivity index is 1.65. The van der Waals surface area contributed by atoms with E-state index in [1.807, 2.05) is 0 Å². The Morgan fingerprint density at radius 3 is 2.47 bits per heavy atom. The van der Waals surface area contributed by atoms with Gasteiger partial charge in [0.05, 0.1) is 22.8 Å². The first-order valence-corrected chi connectivity index (χ1v) is 13.2. The lowest BCUT2D eigenvalue weighted by molar-refractivity contribution is -0.150. The lowest BCUT2D eigenvalue weighted by atomic mass is 9.95. The van der Waals surface area contributed by atoms with Gasteiger partial charge in [-0.2, -0.15) is 0 Å². The third-order valence-electron chi connectivity index (χ3n) is 5.63. The van der Waals surface area contributed by atoms with Crippen molar-refractivity contribution in [3.8, 4) is 0 Å². The minimum absolute atomic E-state index is 0.145. The van der Waals surface area contributed by atoms with Crippen LogP contribution >= 0.6 is 34.5 Å². The fourth-order valence-electron chi connectivity index (χ4n) is 3.85. The van der Waals surface area contributed by atoms with Gasteiger partial charge < -0.3 is 20.1 Å². The van der Waals surface area contributed by atoms with E-state index in [0.717, 1.165) is 36.1 Å². The SMILES string of the molecule is CCOC(=O)c1c(NC(=O)COC(=O)[C@@H](NC(=O)c2ccc(Cl)cc2Cl)C(C)C)sc2c1CCCC2. The van der Waals surface area contributed by atoms with Crippen molar-refractivity contribution in [2.45, 2.75) is 52.5 Å². The Labute approximate surface area is 223 Å². The van der Waals surface area contributed by atoms with Crippen LogP contribution in [-0.2, 0) is 31.9 Å². The van der Waals surface area contributed by atoms with Crippen molar-refractivity contribution in [2.24, 2.45) is 5.92 Å². The summed E-state index contributed by atoms with van der Waals surface area (Å²) < 4.78 is 10.4. The van der Waals surface area contributed by atoms with Gasteiger partial charge in [-0.1, -0.05) is 37.0 Å². The Morgan fingerprint density at radius 1 is 1.08 bits per heavy atom. The molecule has 1 aromatic carbocycles. The quantitative estimate of drug-likeness (QED) is 0.419. The molecular weight excluding hydrogens is 527 g/mol. The molecule has 0 spiro atoms. The van der Waals surface area contributed by atoms with Gasteiger partial charge in [-0.25, -0.2) is 9.59 Å². The lowest BCUT2D eigenvalue weighted by Crippen LogP contribution is -2.46. The smallest absolute Gasteiger partial charge is 0.341 e. The number of carbonyl (C=O) groups excluding carboxylic acids is 4. The molecule has 1 aliphatic carbocycles. The van der Waals surface area contributed by atoms with Crippen molar-refractivity contribution in [3.05, 3.63) is 49.8 Å². The van der Waals surface area contributed by atoms with Crippen molar-refractivity contribution >= 4 is 63.3 Å². The number of ether oxygens (including phenoxy) is 2. The highest BCUT2D eigenvalue weighted by Gasteiger charge is 2.29. The molecule has 2 N–H and O–H groups in total. The monoisotopic (exact) mass is 554 g/mol. The molecule has 1 heterocycles. The number of benzene rings is 1. The average molecular weight is 555 g/mol. The Kier molecular flexibility index (Phi) is 9.76. The molecule has 0 bridgehead atoms. The van der Waals surface area contributed by atoms with Crippen LogP contribution in [0.5, 0.6) is 0 Å². The Bertz CT molecular complexity index is 1160. The zero-order valence-electron chi connectivity index (χ0n) is 20.2. The summed E-state index contributed by atoms with van der Waals surface area (Å²) in [6.07, 6.45) is 3.57. The molecule has 0 radical (unpaired) electrons. The van der Waals surface area contributed by atoms with Crippen LogP contribution in [0.3, 0.4) is 0 Å². The number of carbonyl (C=O) groups is 4. The number of amides is 2. The molecule has 0 saturated carbocycles. The van der Waals surface area contributed by atoms with Crippen LogP contribution in [0.15, 0.2) is 18.2 Å². The molecule has 8 nitrogen and oxygen atoms in total. The van der Waals surface area contributed by atoms with E-state index in [1.165, 1.54) is 29.5 Å². The van der Waals surface area contributed by atoms with E-state index >= 15 is 0 Å². The predicted molar refractivity (Wildman–Crippen MR) is 139 cm³/mol. The van der Waals surface area contributed by atoms with E-state index in [-0.39, 0.29) is 23.1 Å². The molecule has 1 aliphatic rings. The van der Waals surface area contributed by atoms with Crippen molar-refractivity contribution in [1.29, 1.82) is 0 Å². The number of nitrogens with one attached hydrogen (secondary N) is 2. The van der Waals surface area contributed by atoms with Crippen molar-refractivity contribution in [1.82, 2.24) is 5.32 Å². The maximum absolute atomic E-state index is 12.7. The number of anilines is 1. The summed E-state index contributed by atoms with van der Waals surface area (Å²) in [7, 11) is 0. The van der Waals surface area contributed by atoms with E-state index in [4.69, 9.17) is 32.7 Å². The highest BCUT2D eigenvalue weighted by atomic mass is 35.5. The summed E-state index contributed by atoms with van der Waals surface area (Å²) in [5, 5.41) is 6.22. The first kappa shape index (κ1) is 28.0. The van der Waals surface area contributed by atoms with Gasteiger partial charge in [0.15, 0.2) is 6.61 Å². The number of hydrogen-bond donors (Lipinski definition) is 2. The molecule has 11 heteroatoms. The molecule has 2 aromatic rings. The van der Waals surface area contributed by atoms with E-state index in [9.17, 15) is 19.2 Å². The fourth-order valence-corrected chi connectivity index (χ4v) is 5.64. The van der Waals surface area contributed by atoms with Crippen LogP contribution in [0.4, 0.5) is 5.00 Å². The zero-order chi connectivity index (χ0) is 26.4. The largest absolute Gasteiger partial charge is 0.462 e. The number of rotatable bonds is 9. The van der Waals surface area contributed by atoms with E-state index in [1.54, 1.807) is 20.8 Å². The average Bonchev–Trinajstić information content (AvgIpc) is 3.18. The van der Waals surface area contributed by atoms with Crippen LogP contribution < -0.4 is 10.6 Å². The van der Waals surface area contributed by atoms with Gasteiger partial charge in [-0.15, -0.1) is 11.3 Å². The van der Waals surface area contributed by atoms with E-state index in [0.29, 0.717) is 15.6 Å². The number of halogens is 2. The second-order valence-electron chi connectivity index (χ2n) is 8.61. The molecule has 0 aliphatic heterocycles. The van der Waals surface area contributed by atoms with Gasteiger partial charge in [0, 0.05) is 9.90 Å². The van der Waals surface area contributed by atoms with Crippen LogP contribution in [0.2, 0.25) is 10.0 Å². The minimum atomic E-state index is -1.01. The third kappa shape index (κ3) is 6.78. The Hall–Kier alpha value is -2.62. The van der Waals surface area contributed by atoms with Gasteiger partial charge in [0.2, 0.25) is 0 Å². The topological polar surface area (TPSA) is 111 Å². The molecule has 1 aromatic heterocycles. The summed E-state index contributed by atoms with van der Waals surface area (Å²) >= 11 is 13.3. The first-order chi connectivity index (χ1) is 17.1. The predicted octanol–water partition coefficient (Wildman–Crippen LogP) is 5.05. The molecule has 0 unspecified atom stereocenters. The summed E-state index contributed by atoms with van der Waals surface area (Å²) in [4.78, 5) is 51.6. The molecule has 1 atom stereocenters. The van der Waals surface area contributed by atoms with Crippen LogP contribution in [-0.4, -0.2) is 43.0 Å². The number of fused-ring (bicyclic) bond motifs is 1. The molecule has 3 rings (SSSR count). The fraction of sp³-hybridized carbons (Fsp3) is 0.440. The van der Waals surface area contributed by atoms with Gasteiger partial charge in [-0.3, -0.25) is 9.59 Å². The van der Waals surface area contributed by atoms with Gasteiger partial charge in [0.1, 0.15) is 11.0 Å². The van der Waals surface area contributed by atoms with Crippen molar-refractivity contribution in [2.75, 3.05) is 18.5 Å². The molecule has 0 fully saturated rings. The van der Waals surface area contributed by atoms with Crippen LogP contribution in [0.1, 0.15) is 64.8 Å². The van der Waals surface area contributed by atoms with Crippen molar-refractivity contribution < 1.29 is 28.7 Å². The van der Waals surface area contributed by atoms with Crippen molar-refractivity contribution in [3.63, 3.8) is 0 Å². The second-order valence-corrected chi connectivity index (χ2v) is 10.6. The maximum Gasteiger partial charge on any atom is 0.341 e. The first-order valence-electron chi connectivity index (χ1n) is 11.7. The number of aryl methyl sites for hydroxylation is 1. The zero-order valence-corrected chi connectivity index (χ0v) is 22.6. The maximum atomic E-state index is 12.7. The normalized spacial score (nSPS) is 13.5. The number of hydrogen-bond acceptors (Lipinski definition) is 7. The third-order valence-corrected chi connectivity index (χ3v) is 7.39. The molecule has 36 heavy (non-hydrogen) atoms.